The van der Waals surface area contributed by atoms with Gasteiger partial charge in [-0.05, 0) is 90.8 Å². The predicted octanol–water partition coefficient (Wildman–Crippen LogP) is 5.18. The molecule has 0 amide bonds. The molecule has 4 N–H and O–H groups in total. The second kappa shape index (κ2) is 7.35. The molecule has 5 aliphatic rings. The minimum Gasteiger partial charge on any atom is -0.481 e. The van der Waals surface area contributed by atoms with E-state index in [1.165, 1.54) is 5.57 Å². The van der Waals surface area contributed by atoms with E-state index in [1.807, 2.05) is 0 Å². The van der Waals surface area contributed by atoms with Crippen LogP contribution >= 0.6 is 0 Å². The van der Waals surface area contributed by atoms with Crippen molar-refractivity contribution in [1.82, 2.24) is 0 Å². The van der Waals surface area contributed by atoms with Crippen molar-refractivity contribution in [3.8, 4) is 0 Å². The molecule has 0 saturated heterocycles. The normalized spacial score (nSPS) is 54.4. The van der Waals surface area contributed by atoms with Crippen molar-refractivity contribution in [2.45, 2.75) is 118 Å². The summed E-state index contributed by atoms with van der Waals surface area (Å²) in [6.45, 7) is 15.6. The Hall–Kier alpha value is -0.910. The van der Waals surface area contributed by atoms with Crippen LogP contribution in [0.1, 0.15) is 99.8 Å². The fraction of sp³-hybridized carbons (Fsp3) is 0.900. The van der Waals surface area contributed by atoms with Crippen LogP contribution in [0, 0.1) is 50.2 Å². The number of aliphatic carboxylic acids is 1. The number of allylic oxidation sites excluding steroid dienone is 1. The molecule has 35 heavy (non-hydrogen) atoms. The second-order valence-corrected chi connectivity index (χ2v) is 15.3. The van der Waals surface area contributed by atoms with Gasteiger partial charge in [-0.3, -0.25) is 4.79 Å². The molecule has 5 aliphatic carbocycles. The molecule has 0 heterocycles. The molecule has 0 aromatic rings. The van der Waals surface area contributed by atoms with Gasteiger partial charge in [-0.25, -0.2) is 0 Å². The average Bonchev–Trinajstić information content (AvgIpc) is 2.73. The van der Waals surface area contributed by atoms with Gasteiger partial charge in [0.25, 0.3) is 0 Å². The first-order valence-electron chi connectivity index (χ1n) is 14.0. The van der Waals surface area contributed by atoms with Gasteiger partial charge in [0.1, 0.15) is 0 Å². The maximum atomic E-state index is 12.8. The molecule has 10 atom stereocenters. The Morgan fingerprint density at radius 1 is 0.886 bits per heavy atom. The van der Waals surface area contributed by atoms with Gasteiger partial charge >= 0.3 is 5.97 Å². The van der Waals surface area contributed by atoms with Crippen LogP contribution in [0.4, 0.5) is 0 Å². The number of rotatable bonds is 1. The lowest BCUT2D eigenvalue weighted by Crippen LogP contribution is -2.69. The van der Waals surface area contributed by atoms with E-state index in [-0.39, 0.29) is 39.4 Å². The van der Waals surface area contributed by atoms with E-state index in [0.717, 1.165) is 32.1 Å². The highest BCUT2D eigenvalue weighted by Crippen LogP contribution is 2.75. The van der Waals surface area contributed by atoms with Crippen LogP contribution in [0.5, 0.6) is 0 Å². The van der Waals surface area contributed by atoms with E-state index >= 15 is 0 Å². The summed E-state index contributed by atoms with van der Waals surface area (Å²) in [6, 6.07) is 0. The van der Waals surface area contributed by atoms with Crippen molar-refractivity contribution in [2.24, 2.45) is 50.2 Å². The van der Waals surface area contributed by atoms with Crippen molar-refractivity contribution in [2.75, 3.05) is 0 Å². The molecular formula is C30H48O5. The summed E-state index contributed by atoms with van der Waals surface area (Å²) in [5, 5.41) is 44.3. The topological polar surface area (TPSA) is 98.0 Å². The Morgan fingerprint density at radius 2 is 1.54 bits per heavy atom. The van der Waals surface area contributed by atoms with Crippen LogP contribution in [0.3, 0.4) is 0 Å². The van der Waals surface area contributed by atoms with Crippen molar-refractivity contribution < 1.29 is 25.2 Å². The highest BCUT2D eigenvalue weighted by Gasteiger charge is 2.72. The fourth-order valence-corrected chi connectivity index (χ4v) is 10.8. The first-order valence-corrected chi connectivity index (χ1v) is 14.0. The summed E-state index contributed by atoms with van der Waals surface area (Å²) >= 11 is 0. The highest BCUT2D eigenvalue weighted by molar-refractivity contribution is 5.77. The molecule has 0 unspecified atom stereocenters. The highest BCUT2D eigenvalue weighted by atomic mass is 16.4. The van der Waals surface area contributed by atoms with Crippen molar-refractivity contribution in [3.05, 3.63) is 11.6 Å². The fourth-order valence-electron chi connectivity index (χ4n) is 10.8. The zero-order valence-corrected chi connectivity index (χ0v) is 22.9. The third-order valence-corrected chi connectivity index (χ3v) is 13.0. The summed E-state index contributed by atoms with van der Waals surface area (Å²) in [7, 11) is 0. The summed E-state index contributed by atoms with van der Waals surface area (Å²) in [6.07, 6.45) is 6.17. The Bertz CT molecular complexity index is 952. The van der Waals surface area contributed by atoms with Crippen LogP contribution in [-0.4, -0.2) is 44.7 Å². The van der Waals surface area contributed by atoms with E-state index in [1.54, 1.807) is 0 Å². The van der Waals surface area contributed by atoms with E-state index in [0.29, 0.717) is 19.3 Å². The Morgan fingerprint density at radius 3 is 2.17 bits per heavy atom. The number of carbonyl (C=O) groups is 1. The molecular weight excluding hydrogens is 440 g/mol. The van der Waals surface area contributed by atoms with Gasteiger partial charge in [0.05, 0.1) is 23.7 Å². The van der Waals surface area contributed by atoms with Crippen LogP contribution in [-0.2, 0) is 4.79 Å². The summed E-state index contributed by atoms with van der Waals surface area (Å²) in [5.41, 5.74) is -0.829. The third kappa shape index (κ3) is 3.01. The number of carboxylic acids is 1. The van der Waals surface area contributed by atoms with E-state index in [9.17, 15) is 25.2 Å². The quantitative estimate of drug-likeness (QED) is 0.382. The molecule has 0 aliphatic heterocycles. The van der Waals surface area contributed by atoms with Gasteiger partial charge in [-0.2, -0.15) is 0 Å². The van der Waals surface area contributed by atoms with Crippen LogP contribution in [0.15, 0.2) is 11.6 Å². The molecule has 4 saturated carbocycles. The van der Waals surface area contributed by atoms with Crippen LogP contribution in [0.25, 0.3) is 0 Å². The van der Waals surface area contributed by atoms with E-state index in [2.05, 4.69) is 54.5 Å². The van der Waals surface area contributed by atoms with Gasteiger partial charge in [0.15, 0.2) is 0 Å². The maximum Gasteiger partial charge on any atom is 0.310 e. The first-order chi connectivity index (χ1) is 16.0. The molecule has 5 heteroatoms. The third-order valence-electron chi connectivity index (χ3n) is 13.0. The molecule has 0 bridgehead atoms. The van der Waals surface area contributed by atoms with Gasteiger partial charge in [-0.1, -0.05) is 60.1 Å². The molecule has 0 aromatic heterocycles. The maximum absolute atomic E-state index is 12.8. The monoisotopic (exact) mass is 488 g/mol. The van der Waals surface area contributed by atoms with E-state index in [4.69, 9.17) is 0 Å². The van der Waals surface area contributed by atoms with Gasteiger partial charge in [0.2, 0.25) is 0 Å². The van der Waals surface area contributed by atoms with Crippen molar-refractivity contribution in [3.63, 3.8) is 0 Å². The number of aliphatic hydroxyl groups excluding tert-OH is 3. The zero-order valence-electron chi connectivity index (χ0n) is 22.9. The van der Waals surface area contributed by atoms with Gasteiger partial charge in [-0.15, -0.1) is 0 Å². The van der Waals surface area contributed by atoms with Crippen LogP contribution in [0.2, 0.25) is 0 Å². The van der Waals surface area contributed by atoms with Crippen molar-refractivity contribution in [1.29, 1.82) is 0 Å². The lowest BCUT2D eigenvalue weighted by atomic mass is 9.33. The lowest BCUT2D eigenvalue weighted by Gasteiger charge is -2.72. The standard InChI is InChI=1S/C30H48O5/c1-25(2)12-13-30(24(34)35)16-22(32)29(7)17(18(30)14-25)8-9-21-27(5)15-19(31)23(33)26(3,4)20(27)10-11-28(21,29)6/h8,18-23,31-33H,9-16H2,1-7H3,(H,34,35)/t18-,19+,20-,21+,22-,23-,27-,28+,29-,30-/m0/s1. The van der Waals surface area contributed by atoms with Gasteiger partial charge in [0, 0.05) is 5.41 Å². The minimum absolute atomic E-state index is 0.0457. The summed E-state index contributed by atoms with van der Waals surface area (Å²) < 4.78 is 0. The Balaban J connectivity index is 1.64. The molecule has 198 valence electrons. The Labute approximate surface area is 211 Å². The Kier molecular flexibility index (Phi) is 5.40. The molecule has 4 fully saturated rings. The summed E-state index contributed by atoms with van der Waals surface area (Å²) in [5.74, 6) is -0.241. The first kappa shape index (κ1) is 25.7. The minimum atomic E-state index is -0.877. The SMILES string of the molecule is CC1(C)CC[C@]2(C(=O)O)C[C@H](O)[C@]3(C)C(=CC[C@@H]4[C@@]5(C)C[C@@H](O)[C@H](O)C(C)(C)[C@@H]5CC[C@]43C)[C@@H]2C1. The molecule has 0 spiro atoms. The lowest BCUT2D eigenvalue weighted by molar-refractivity contribution is -0.244. The number of fused-ring (bicyclic) bond motifs is 7. The number of carboxylic acid groups (broad SMARTS) is 1. The van der Waals surface area contributed by atoms with E-state index < -0.39 is 35.1 Å². The molecule has 5 nitrogen and oxygen atoms in total. The van der Waals surface area contributed by atoms with Gasteiger partial charge < -0.3 is 20.4 Å². The zero-order chi connectivity index (χ0) is 26.0. The predicted molar refractivity (Wildman–Crippen MR) is 135 cm³/mol. The van der Waals surface area contributed by atoms with Crippen LogP contribution < -0.4 is 0 Å². The molecule has 0 radical (unpaired) electrons. The summed E-state index contributed by atoms with van der Waals surface area (Å²) in [4.78, 5) is 12.8. The number of hydrogen-bond acceptors (Lipinski definition) is 4. The smallest absolute Gasteiger partial charge is 0.310 e. The average molecular weight is 489 g/mol. The number of aliphatic hydroxyl groups is 3. The molecule has 0 aromatic carbocycles. The number of hydrogen-bond donors (Lipinski definition) is 4. The molecule has 5 rings (SSSR count). The largest absolute Gasteiger partial charge is 0.481 e. The van der Waals surface area contributed by atoms with Crippen molar-refractivity contribution >= 4 is 5.97 Å². The second-order valence-electron chi connectivity index (χ2n) is 15.3.